The molecule has 0 saturated carbocycles. The first-order valence-corrected chi connectivity index (χ1v) is 8.87. The largest absolute Gasteiger partial charge is 0.496 e. The third kappa shape index (κ3) is 3.49. The first-order valence-electron chi connectivity index (χ1n) is 7.26. The number of aryl methyl sites for hydroxylation is 1. The number of hydrogen-bond donors (Lipinski definition) is 1. The summed E-state index contributed by atoms with van der Waals surface area (Å²) in [6.45, 7) is 1.99. The second-order valence-corrected chi connectivity index (χ2v) is 7.20. The number of nitrogens with one attached hydrogen (secondary N) is 1. The van der Waals surface area contributed by atoms with Crippen molar-refractivity contribution < 1.29 is 9.53 Å². The van der Waals surface area contributed by atoms with Gasteiger partial charge in [-0.1, -0.05) is 40.2 Å². The maximum Gasteiger partial charge on any atom is 0.261 e. The van der Waals surface area contributed by atoms with Crippen molar-refractivity contribution in [1.29, 1.82) is 0 Å². The van der Waals surface area contributed by atoms with E-state index < -0.39 is 0 Å². The molecule has 0 aliphatic rings. The fourth-order valence-electron chi connectivity index (χ4n) is 2.32. The van der Waals surface area contributed by atoms with Gasteiger partial charge < -0.3 is 4.74 Å². The number of thiazole rings is 1. The monoisotopic (exact) mass is 402 g/mol. The van der Waals surface area contributed by atoms with Gasteiger partial charge in [-0.15, -0.1) is 11.3 Å². The molecule has 0 aliphatic carbocycles. The van der Waals surface area contributed by atoms with Crippen LogP contribution in [0, 0.1) is 6.92 Å². The Morgan fingerprint density at radius 3 is 2.58 bits per heavy atom. The molecule has 0 unspecified atom stereocenters. The number of amides is 1. The van der Waals surface area contributed by atoms with Gasteiger partial charge in [0.15, 0.2) is 5.13 Å². The van der Waals surface area contributed by atoms with Crippen LogP contribution in [0.3, 0.4) is 0 Å². The molecule has 6 heteroatoms. The lowest BCUT2D eigenvalue weighted by atomic mass is 10.1. The van der Waals surface area contributed by atoms with Gasteiger partial charge in [0.25, 0.3) is 5.91 Å². The van der Waals surface area contributed by atoms with Gasteiger partial charge in [0.05, 0.1) is 18.4 Å². The second-order valence-electron chi connectivity index (χ2n) is 5.09. The minimum atomic E-state index is -0.233. The SMILES string of the molecule is COc1ccccc1C(=O)Nc1nc(-c2ccc(Br)cc2)c(C)s1. The van der Waals surface area contributed by atoms with Gasteiger partial charge in [0, 0.05) is 14.9 Å². The third-order valence-electron chi connectivity index (χ3n) is 3.49. The first-order chi connectivity index (χ1) is 11.6. The fraction of sp³-hybridized carbons (Fsp3) is 0.111. The van der Waals surface area contributed by atoms with E-state index in [0.29, 0.717) is 16.4 Å². The predicted octanol–water partition coefficient (Wildman–Crippen LogP) is 5.14. The number of halogens is 1. The van der Waals surface area contributed by atoms with E-state index in [0.717, 1.165) is 20.6 Å². The summed E-state index contributed by atoms with van der Waals surface area (Å²) in [6.07, 6.45) is 0. The van der Waals surface area contributed by atoms with Crippen LogP contribution in [0.2, 0.25) is 0 Å². The molecule has 24 heavy (non-hydrogen) atoms. The summed E-state index contributed by atoms with van der Waals surface area (Å²) in [7, 11) is 1.55. The van der Waals surface area contributed by atoms with Crippen molar-refractivity contribution in [2.45, 2.75) is 6.92 Å². The van der Waals surface area contributed by atoms with Crippen LogP contribution in [-0.2, 0) is 0 Å². The number of hydrogen-bond acceptors (Lipinski definition) is 4. The zero-order chi connectivity index (χ0) is 17.1. The van der Waals surface area contributed by atoms with Gasteiger partial charge in [-0.05, 0) is 31.2 Å². The summed E-state index contributed by atoms with van der Waals surface area (Å²) in [5.41, 5.74) is 2.38. The number of carbonyl (C=O) groups excluding carboxylic acids is 1. The van der Waals surface area contributed by atoms with Crippen LogP contribution in [0.15, 0.2) is 53.0 Å². The highest BCUT2D eigenvalue weighted by Gasteiger charge is 2.15. The molecular weight excluding hydrogens is 388 g/mol. The van der Waals surface area contributed by atoms with E-state index in [9.17, 15) is 4.79 Å². The second kappa shape index (κ2) is 7.15. The molecule has 0 radical (unpaired) electrons. The van der Waals surface area contributed by atoms with Crippen LogP contribution in [-0.4, -0.2) is 18.0 Å². The minimum absolute atomic E-state index is 0.233. The standard InChI is InChI=1S/C18H15BrN2O2S/c1-11-16(12-7-9-13(19)10-8-12)20-18(24-11)21-17(22)14-5-3-4-6-15(14)23-2/h3-10H,1-2H3,(H,20,21,22). The van der Waals surface area contributed by atoms with Crippen LogP contribution < -0.4 is 10.1 Å². The van der Waals surface area contributed by atoms with Gasteiger partial charge in [-0.2, -0.15) is 0 Å². The molecular formula is C18H15BrN2O2S. The third-order valence-corrected chi connectivity index (χ3v) is 4.90. The summed E-state index contributed by atoms with van der Waals surface area (Å²) in [6, 6.07) is 15.1. The Labute approximate surface area is 152 Å². The van der Waals surface area contributed by atoms with Crippen molar-refractivity contribution in [3.8, 4) is 17.0 Å². The van der Waals surface area contributed by atoms with Crippen LogP contribution in [0.4, 0.5) is 5.13 Å². The fourth-order valence-corrected chi connectivity index (χ4v) is 3.42. The smallest absolute Gasteiger partial charge is 0.261 e. The molecule has 0 saturated heterocycles. The van der Waals surface area contributed by atoms with Gasteiger partial charge in [0.1, 0.15) is 5.75 Å². The predicted molar refractivity (Wildman–Crippen MR) is 101 cm³/mol. The Morgan fingerprint density at radius 2 is 1.88 bits per heavy atom. The van der Waals surface area contributed by atoms with Gasteiger partial charge >= 0.3 is 0 Å². The summed E-state index contributed by atoms with van der Waals surface area (Å²) < 4.78 is 6.25. The van der Waals surface area contributed by atoms with Crippen molar-refractivity contribution >= 4 is 38.3 Å². The van der Waals surface area contributed by atoms with E-state index >= 15 is 0 Å². The first kappa shape index (κ1) is 16.7. The van der Waals surface area contributed by atoms with Crippen molar-refractivity contribution in [3.63, 3.8) is 0 Å². The van der Waals surface area contributed by atoms with Crippen molar-refractivity contribution in [2.24, 2.45) is 0 Å². The topological polar surface area (TPSA) is 51.2 Å². The molecule has 3 aromatic rings. The number of methoxy groups -OCH3 is 1. The zero-order valence-electron chi connectivity index (χ0n) is 13.2. The maximum absolute atomic E-state index is 12.5. The maximum atomic E-state index is 12.5. The van der Waals surface area contributed by atoms with E-state index in [1.165, 1.54) is 11.3 Å². The molecule has 1 N–H and O–H groups in total. The Kier molecular flexibility index (Phi) is 4.97. The molecule has 2 aromatic carbocycles. The lowest BCUT2D eigenvalue weighted by molar-refractivity contribution is 0.102. The average molecular weight is 403 g/mol. The summed E-state index contributed by atoms with van der Waals surface area (Å²) in [5, 5.41) is 3.43. The molecule has 1 aromatic heterocycles. The molecule has 122 valence electrons. The summed E-state index contributed by atoms with van der Waals surface area (Å²) >= 11 is 4.88. The number of benzene rings is 2. The Balaban J connectivity index is 1.85. The zero-order valence-corrected chi connectivity index (χ0v) is 15.6. The van der Waals surface area contributed by atoms with E-state index in [2.05, 4.69) is 26.2 Å². The van der Waals surface area contributed by atoms with Crippen LogP contribution in [0.25, 0.3) is 11.3 Å². The number of rotatable bonds is 4. The Hall–Kier alpha value is -2.18. The normalized spacial score (nSPS) is 10.5. The van der Waals surface area contributed by atoms with Crippen molar-refractivity contribution in [1.82, 2.24) is 4.98 Å². The van der Waals surface area contributed by atoms with Gasteiger partial charge in [-0.3, -0.25) is 10.1 Å². The van der Waals surface area contributed by atoms with Crippen LogP contribution in [0.5, 0.6) is 5.75 Å². The summed E-state index contributed by atoms with van der Waals surface area (Å²) in [4.78, 5) is 18.1. The highest BCUT2D eigenvalue weighted by atomic mass is 79.9. The Bertz CT molecular complexity index is 875. The lowest BCUT2D eigenvalue weighted by Crippen LogP contribution is -2.12. The number of para-hydroxylation sites is 1. The molecule has 1 heterocycles. The molecule has 1 amide bonds. The van der Waals surface area contributed by atoms with Gasteiger partial charge in [-0.25, -0.2) is 4.98 Å². The highest BCUT2D eigenvalue weighted by molar-refractivity contribution is 9.10. The van der Waals surface area contributed by atoms with Crippen LogP contribution >= 0.6 is 27.3 Å². The van der Waals surface area contributed by atoms with Crippen molar-refractivity contribution in [3.05, 3.63) is 63.4 Å². The van der Waals surface area contributed by atoms with Gasteiger partial charge in [0.2, 0.25) is 0 Å². The quantitative estimate of drug-likeness (QED) is 0.656. The number of aromatic nitrogens is 1. The molecule has 4 nitrogen and oxygen atoms in total. The Morgan fingerprint density at radius 1 is 1.17 bits per heavy atom. The van der Waals surface area contributed by atoms with E-state index in [1.54, 1.807) is 25.3 Å². The molecule has 0 atom stereocenters. The minimum Gasteiger partial charge on any atom is -0.496 e. The van der Waals surface area contributed by atoms with Crippen LogP contribution in [0.1, 0.15) is 15.2 Å². The van der Waals surface area contributed by atoms with E-state index in [4.69, 9.17) is 4.74 Å². The molecule has 0 fully saturated rings. The number of anilines is 1. The van der Waals surface area contributed by atoms with Crippen molar-refractivity contribution in [2.75, 3.05) is 12.4 Å². The summed E-state index contributed by atoms with van der Waals surface area (Å²) in [5.74, 6) is 0.306. The number of ether oxygens (including phenoxy) is 1. The van der Waals surface area contributed by atoms with E-state index in [1.807, 2.05) is 37.3 Å². The molecule has 0 spiro atoms. The highest BCUT2D eigenvalue weighted by Crippen LogP contribution is 2.31. The van der Waals surface area contributed by atoms with E-state index in [-0.39, 0.29) is 5.91 Å². The molecule has 0 aliphatic heterocycles. The number of nitrogens with zero attached hydrogens (tertiary/aromatic N) is 1. The lowest BCUT2D eigenvalue weighted by Gasteiger charge is -2.07. The average Bonchev–Trinajstić information content (AvgIpc) is 2.95. The number of carbonyl (C=O) groups is 1. The molecule has 0 bridgehead atoms. The molecule has 3 rings (SSSR count).